The van der Waals surface area contributed by atoms with E-state index in [9.17, 15) is 8.42 Å². The molecule has 0 saturated carbocycles. The number of aromatic nitrogens is 2. The van der Waals surface area contributed by atoms with E-state index in [2.05, 4.69) is 5.10 Å². The number of rotatable bonds is 4. The molecule has 0 aromatic carbocycles. The second-order valence-electron chi connectivity index (χ2n) is 3.66. The van der Waals surface area contributed by atoms with Gasteiger partial charge in [-0.05, 0) is 12.0 Å². The molecule has 1 aromatic heterocycles. The molecule has 0 aliphatic rings. The first-order valence-electron chi connectivity index (χ1n) is 4.33. The molecule has 1 unspecified atom stereocenters. The molecule has 0 radical (unpaired) electrons. The van der Waals surface area contributed by atoms with Crippen molar-refractivity contribution in [3.8, 4) is 0 Å². The molecule has 0 aliphatic heterocycles. The summed E-state index contributed by atoms with van der Waals surface area (Å²) in [4.78, 5) is 0. The Labute approximate surface area is 83.8 Å². The molecule has 6 heteroatoms. The van der Waals surface area contributed by atoms with Crippen LogP contribution in [0.15, 0.2) is 12.3 Å². The molecular formula is C8H15N3O2S. The highest BCUT2D eigenvalue weighted by molar-refractivity contribution is 7.90. The molecule has 5 nitrogen and oxygen atoms in total. The Morgan fingerprint density at radius 2 is 2.29 bits per heavy atom. The lowest BCUT2D eigenvalue weighted by atomic mass is 10.2. The maximum absolute atomic E-state index is 11.0. The van der Waals surface area contributed by atoms with E-state index in [1.165, 1.54) is 6.26 Å². The number of anilines is 1. The molecule has 1 aromatic rings. The highest BCUT2D eigenvalue weighted by Crippen LogP contribution is 2.05. The maximum atomic E-state index is 11.0. The molecular weight excluding hydrogens is 202 g/mol. The lowest BCUT2D eigenvalue weighted by Crippen LogP contribution is -2.17. The molecule has 1 heterocycles. The Hall–Kier alpha value is -1.04. The Bertz CT molecular complexity index is 396. The van der Waals surface area contributed by atoms with Crippen LogP contribution in [-0.4, -0.2) is 30.2 Å². The normalized spacial score (nSPS) is 14.1. The van der Waals surface area contributed by atoms with Crippen LogP contribution >= 0.6 is 0 Å². The minimum atomic E-state index is -2.91. The molecule has 2 N–H and O–H groups in total. The average molecular weight is 217 g/mol. The molecule has 0 amide bonds. The minimum Gasteiger partial charge on any atom is -0.382 e. The third-order valence-corrected chi connectivity index (χ3v) is 2.92. The van der Waals surface area contributed by atoms with E-state index >= 15 is 0 Å². The van der Waals surface area contributed by atoms with Crippen LogP contribution in [0.3, 0.4) is 0 Å². The van der Waals surface area contributed by atoms with Gasteiger partial charge in [-0.25, -0.2) is 8.42 Å². The van der Waals surface area contributed by atoms with Gasteiger partial charge in [0.05, 0.1) is 5.75 Å². The van der Waals surface area contributed by atoms with Crippen molar-refractivity contribution in [2.45, 2.75) is 13.5 Å². The van der Waals surface area contributed by atoms with Crippen molar-refractivity contribution in [3.63, 3.8) is 0 Å². The van der Waals surface area contributed by atoms with Crippen LogP contribution in [0.1, 0.15) is 6.92 Å². The van der Waals surface area contributed by atoms with Crippen molar-refractivity contribution < 1.29 is 8.42 Å². The van der Waals surface area contributed by atoms with Crippen LogP contribution in [0.5, 0.6) is 0 Å². The SMILES string of the molecule is CC(Cn1ccc(N)n1)CS(C)(=O)=O. The van der Waals surface area contributed by atoms with E-state index in [1.54, 1.807) is 16.9 Å². The van der Waals surface area contributed by atoms with Gasteiger partial charge in [-0.1, -0.05) is 6.92 Å². The van der Waals surface area contributed by atoms with Crippen LogP contribution in [0, 0.1) is 5.92 Å². The van der Waals surface area contributed by atoms with Gasteiger partial charge in [-0.3, -0.25) is 4.68 Å². The predicted molar refractivity (Wildman–Crippen MR) is 55.5 cm³/mol. The average Bonchev–Trinajstić information content (AvgIpc) is 2.30. The maximum Gasteiger partial charge on any atom is 0.147 e. The van der Waals surface area contributed by atoms with Gasteiger partial charge in [0.25, 0.3) is 0 Å². The summed E-state index contributed by atoms with van der Waals surface area (Å²) in [5, 5.41) is 3.98. The highest BCUT2D eigenvalue weighted by atomic mass is 32.2. The van der Waals surface area contributed by atoms with Gasteiger partial charge in [0, 0.05) is 19.0 Å². The summed E-state index contributed by atoms with van der Waals surface area (Å²) in [5.41, 5.74) is 5.43. The van der Waals surface area contributed by atoms with E-state index in [0.717, 1.165) is 0 Å². The van der Waals surface area contributed by atoms with Crippen molar-refractivity contribution in [2.75, 3.05) is 17.7 Å². The fourth-order valence-electron chi connectivity index (χ4n) is 1.37. The molecule has 0 spiro atoms. The first-order valence-corrected chi connectivity index (χ1v) is 6.39. The first kappa shape index (κ1) is 11.0. The predicted octanol–water partition coefficient (Wildman–Crippen LogP) is 0.146. The van der Waals surface area contributed by atoms with Crippen LogP contribution in [-0.2, 0) is 16.4 Å². The molecule has 1 atom stereocenters. The van der Waals surface area contributed by atoms with Crippen LogP contribution in [0.4, 0.5) is 5.82 Å². The minimum absolute atomic E-state index is 0.0456. The summed E-state index contributed by atoms with van der Waals surface area (Å²) >= 11 is 0. The van der Waals surface area contributed by atoms with Crippen molar-refractivity contribution in [3.05, 3.63) is 12.3 Å². The Kier molecular flexibility index (Phi) is 3.15. The summed E-state index contributed by atoms with van der Waals surface area (Å²) in [6.07, 6.45) is 2.98. The Morgan fingerprint density at radius 3 is 2.71 bits per heavy atom. The molecule has 80 valence electrons. The summed E-state index contributed by atoms with van der Waals surface area (Å²) in [7, 11) is -2.91. The van der Waals surface area contributed by atoms with E-state index in [0.29, 0.717) is 12.4 Å². The third-order valence-electron chi connectivity index (χ3n) is 1.75. The Balaban J connectivity index is 2.53. The third kappa shape index (κ3) is 3.78. The van der Waals surface area contributed by atoms with Gasteiger partial charge < -0.3 is 5.73 Å². The van der Waals surface area contributed by atoms with Gasteiger partial charge >= 0.3 is 0 Å². The number of sulfone groups is 1. The quantitative estimate of drug-likeness (QED) is 0.778. The summed E-state index contributed by atoms with van der Waals surface area (Å²) in [6.45, 7) is 2.45. The monoisotopic (exact) mass is 217 g/mol. The standard InChI is InChI=1S/C8H15N3O2S/c1-7(6-14(2,12)13)5-11-4-3-8(9)10-11/h3-4,7H,5-6H2,1-2H3,(H2,9,10). The first-order chi connectivity index (χ1) is 6.37. The van der Waals surface area contributed by atoms with Crippen molar-refractivity contribution in [1.29, 1.82) is 0 Å². The fraction of sp³-hybridized carbons (Fsp3) is 0.625. The van der Waals surface area contributed by atoms with Crippen molar-refractivity contribution in [2.24, 2.45) is 5.92 Å². The van der Waals surface area contributed by atoms with Crippen LogP contribution < -0.4 is 5.73 Å². The summed E-state index contributed by atoms with van der Waals surface area (Å²) in [6, 6.07) is 1.69. The summed E-state index contributed by atoms with van der Waals surface area (Å²) < 4.78 is 23.6. The number of nitrogens with two attached hydrogens (primary N) is 1. The fourth-order valence-corrected chi connectivity index (χ4v) is 2.51. The second kappa shape index (κ2) is 4.00. The van der Waals surface area contributed by atoms with Gasteiger partial charge in [0.1, 0.15) is 15.7 Å². The largest absolute Gasteiger partial charge is 0.382 e. The molecule has 14 heavy (non-hydrogen) atoms. The zero-order chi connectivity index (χ0) is 10.8. The van der Waals surface area contributed by atoms with E-state index in [-0.39, 0.29) is 11.7 Å². The lowest BCUT2D eigenvalue weighted by molar-refractivity contribution is 0.479. The number of nitrogen functional groups attached to an aromatic ring is 1. The molecule has 0 bridgehead atoms. The zero-order valence-corrected chi connectivity index (χ0v) is 9.16. The van der Waals surface area contributed by atoms with Gasteiger partial charge in [0.15, 0.2) is 0 Å². The van der Waals surface area contributed by atoms with Crippen LogP contribution in [0.2, 0.25) is 0 Å². The molecule has 0 aliphatic carbocycles. The van der Waals surface area contributed by atoms with Gasteiger partial charge in [-0.15, -0.1) is 0 Å². The zero-order valence-electron chi connectivity index (χ0n) is 8.34. The van der Waals surface area contributed by atoms with E-state index < -0.39 is 9.84 Å². The van der Waals surface area contributed by atoms with Crippen molar-refractivity contribution in [1.82, 2.24) is 9.78 Å². The highest BCUT2D eigenvalue weighted by Gasteiger charge is 2.11. The van der Waals surface area contributed by atoms with Gasteiger partial charge in [-0.2, -0.15) is 5.10 Å². The van der Waals surface area contributed by atoms with Crippen LogP contribution in [0.25, 0.3) is 0 Å². The van der Waals surface area contributed by atoms with E-state index in [4.69, 9.17) is 5.73 Å². The number of hydrogen-bond donors (Lipinski definition) is 1. The molecule has 0 fully saturated rings. The second-order valence-corrected chi connectivity index (χ2v) is 5.85. The Morgan fingerprint density at radius 1 is 1.64 bits per heavy atom. The smallest absolute Gasteiger partial charge is 0.147 e. The summed E-state index contributed by atoms with van der Waals surface area (Å²) in [5.74, 6) is 0.674. The number of hydrogen-bond acceptors (Lipinski definition) is 4. The molecule has 1 rings (SSSR count). The number of nitrogens with zero attached hydrogens (tertiary/aromatic N) is 2. The van der Waals surface area contributed by atoms with Gasteiger partial charge in [0.2, 0.25) is 0 Å². The topological polar surface area (TPSA) is 78.0 Å². The van der Waals surface area contributed by atoms with E-state index in [1.807, 2.05) is 6.92 Å². The molecule has 0 saturated heterocycles. The van der Waals surface area contributed by atoms with Crippen molar-refractivity contribution >= 4 is 15.7 Å². The lowest BCUT2D eigenvalue weighted by Gasteiger charge is -2.09.